The molecule has 2 saturated carbocycles. The van der Waals surface area contributed by atoms with Crippen molar-refractivity contribution in [2.24, 2.45) is 23.7 Å². The van der Waals surface area contributed by atoms with E-state index >= 15 is 0 Å². The van der Waals surface area contributed by atoms with Gasteiger partial charge < -0.3 is 5.32 Å². The molecule has 0 radical (unpaired) electrons. The highest BCUT2D eigenvalue weighted by atomic mass is 15.0. The van der Waals surface area contributed by atoms with Crippen molar-refractivity contribution in [2.75, 3.05) is 6.54 Å². The van der Waals surface area contributed by atoms with Crippen LogP contribution in [0.2, 0.25) is 0 Å². The molecule has 0 bridgehead atoms. The van der Waals surface area contributed by atoms with E-state index in [4.69, 9.17) is 0 Å². The summed E-state index contributed by atoms with van der Waals surface area (Å²) >= 11 is 0. The summed E-state index contributed by atoms with van der Waals surface area (Å²) in [5, 5.41) is 12.7. The first kappa shape index (κ1) is 7.82. The van der Waals surface area contributed by atoms with Crippen molar-refractivity contribution in [3.05, 3.63) is 0 Å². The van der Waals surface area contributed by atoms with Crippen LogP contribution in [0.25, 0.3) is 0 Å². The van der Waals surface area contributed by atoms with Gasteiger partial charge in [0.1, 0.15) is 0 Å². The van der Waals surface area contributed by atoms with E-state index in [0.29, 0.717) is 17.9 Å². The molecule has 2 nitrogen and oxygen atoms in total. The number of fused-ring (bicyclic) bond motifs is 2. The van der Waals surface area contributed by atoms with E-state index in [1.807, 2.05) is 0 Å². The summed E-state index contributed by atoms with van der Waals surface area (Å²) in [5.74, 6) is 2.72. The van der Waals surface area contributed by atoms with Crippen LogP contribution in [0.1, 0.15) is 25.7 Å². The fraction of sp³-hybridized carbons (Fsp3) is 0.909. The zero-order valence-electron chi connectivity index (χ0n) is 7.87. The first-order valence-electron chi connectivity index (χ1n) is 5.53. The second-order valence-corrected chi connectivity index (χ2v) is 4.91. The number of nitrogens with one attached hydrogen (secondary N) is 1. The standard InChI is InChI=1S/C11H16N2/c12-6-10-8-2-1-7(8)5-11-9(10)3-4-13-11/h7-11,13H,1-5H2. The second kappa shape index (κ2) is 2.72. The van der Waals surface area contributed by atoms with Gasteiger partial charge in [-0.15, -0.1) is 0 Å². The fourth-order valence-corrected chi connectivity index (χ4v) is 3.67. The topological polar surface area (TPSA) is 35.8 Å². The average molecular weight is 176 g/mol. The molecule has 3 fully saturated rings. The molecule has 1 saturated heterocycles. The fourth-order valence-electron chi connectivity index (χ4n) is 3.67. The van der Waals surface area contributed by atoms with Crippen LogP contribution in [-0.4, -0.2) is 12.6 Å². The molecule has 0 amide bonds. The van der Waals surface area contributed by atoms with Gasteiger partial charge in [0.25, 0.3) is 0 Å². The quantitative estimate of drug-likeness (QED) is 0.607. The van der Waals surface area contributed by atoms with Crippen molar-refractivity contribution in [3.8, 4) is 6.07 Å². The van der Waals surface area contributed by atoms with Gasteiger partial charge in [0.15, 0.2) is 0 Å². The maximum atomic E-state index is 9.18. The van der Waals surface area contributed by atoms with Crippen molar-refractivity contribution >= 4 is 0 Å². The van der Waals surface area contributed by atoms with Crippen LogP contribution in [0.3, 0.4) is 0 Å². The predicted molar refractivity (Wildman–Crippen MR) is 49.8 cm³/mol. The maximum absolute atomic E-state index is 9.18. The lowest BCUT2D eigenvalue weighted by atomic mass is 9.56. The van der Waals surface area contributed by atoms with Gasteiger partial charge in [-0.2, -0.15) is 5.26 Å². The maximum Gasteiger partial charge on any atom is 0.0662 e. The minimum absolute atomic E-state index is 0.382. The minimum atomic E-state index is 0.382. The van der Waals surface area contributed by atoms with Gasteiger partial charge in [0.2, 0.25) is 0 Å². The van der Waals surface area contributed by atoms with E-state index < -0.39 is 0 Å². The Bertz CT molecular complexity index is 255. The third-order valence-corrected chi connectivity index (χ3v) is 4.51. The first-order valence-corrected chi connectivity index (χ1v) is 5.53. The molecule has 2 aliphatic carbocycles. The van der Waals surface area contributed by atoms with Crippen LogP contribution in [0.15, 0.2) is 0 Å². The Kier molecular flexibility index (Phi) is 1.63. The van der Waals surface area contributed by atoms with Crippen molar-refractivity contribution < 1.29 is 0 Å². The highest BCUT2D eigenvalue weighted by Gasteiger charge is 2.49. The summed E-state index contributed by atoms with van der Waals surface area (Å²) in [4.78, 5) is 0. The van der Waals surface area contributed by atoms with Crippen LogP contribution >= 0.6 is 0 Å². The highest BCUT2D eigenvalue weighted by Crippen LogP contribution is 2.51. The van der Waals surface area contributed by atoms with Gasteiger partial charge in [-0.3, -0.25) is 0 Å². The second-order valence-electron chi connectivity index (χ2n) is 4.91. The highest BCUT2D eigenvalue weighted by molar-refractivity contribution is 5.08. The molecule has 3 aliphatic rings. The monoisotopic (exact) mass is 176 g/mol. The van der Waals surface area contributed by atoms with Gasteiger partial charge in [0, 0.05) is 6.04 Å². The molecule has 0 spiro atoms. The lowest BCUT2D eigenvalue weighted by Gasteiger charge is -2.48. The molecule has 3 rings (SSSR count). The Balaban J connectivity index is 1.85. The molecular weight excluding hydrogens is 160 g/mol. The smallest absolute Gasteiger partial charge is 0.0662 e. The molecule has 5 atom stereocenters. The van der Waals surface area contributed by atoms with Crippen molar-refractivity contribution in [1.29, 1.82) is 5.26 Å². The molecule has 70 valence electrons. The van der Waals surface area contributed by atoms with Crippen LogP contribution in [0.4, 0.5) is 0 Å². The van der Waals surface area contributed by atoms with Crippen LogP contribution < -0.4 is 5.32 Å². The third kappa shape index (κ3) is 0.971. The van der Waals surface area contributed by atoms with Gasteiger partial charge in [-0.05, 0) is 50.0 Å². The Hall–Kier alpha value is -0.550. The van der Waals surface area contributed by atoms with Crippen LogP contribution in [-0.2, 0) is 0 Å². The van der Waals surface area contributed by atoms with Gasteiger partial charge in [-0.25, -0.2) is 0 Å². The molecule has 0 aromatic carbocycles. The number of nitrogens with zero attached hydrogens (tertiary/aromatic N) is 1. The predicted octanol–water partition coefficient (Wildman–Crippen LogP) is 1.53. The van der Waals surface area contributed by atoms with E-state index in [2.05, 4.69) is 11.4 Å². The van der Waals surface area contributed by atoms with Crippen molar-refractivity contribution in [3.63, 3.8) is 0 Å². The van der Waals surface area contributed by atoms with Gasteiger partial charge in [0.05, 0.1) is 12.0 Å². The van der Waals surface area contributed by atoms with Gasteiger partial charge in [-0.1, -0.05) is 0 Å². The average Bonchev–Trinajstić information content (AvgIpc) is 2.55. The Morgan fingerprint density at radius 1 is 1.15 bits per heavy atom. The number of hydrogen-bond acceptors (Lipinski definition) is 2. The minimum Gasteiger partial charge on any atom is -0.314 e. The summed E-state index contributed by atoms with van der Waals surface area (Å²) in [6, 6.07) is 3.25. The van der Waals surface area contributed by atoms with E-state index in [1.165, 1.54) is 25.7 Å². The summed E-state index contributed by atoms with van der Waals surface area (Å²) in [6.07, 6.45) is 5.31. The molecule has 0 aromatic rings. The molecule has 1 heterocycles. The molecule has 13 heavy (non-hydrogen) atoms. The van der Waals surface area contributed by atoms with Gasteiger partial charge >= 0.3 is 0 Å². The molecule has 2 heteroatoms. The zero-order valence-corrected chi connectivity index (χ0v) is 7.87. The van der Waals surface area contributed by atoms with E-state index in [-0.39, 0.29) is 0 Å². The molecule has 5 unspecified atom stereocenters. The number of nitriles is 1. The summed E-state index contributed by atoms with van der Waals surface area (Å²) in [7, 11) is 0. The normalized spacial score (nSPS) is 53.0. The van der Waals surface area contributed by atoms with Crippen molar-refractivity contribution in [2.45, 2.75) is 31.7 Å². The Labute approximate surface area is 79.3 Å². The molecule has 1 N–H and O–H groups in total. The van der Waals surface area contributed by atoms with Crippen molar-refractivity contribution in [1.82, 2.24) is 5.32 Å². The lowest BCUT2D eigenvalue weighted by molar-refractivity contribution is 0.0306. The molecule has 0 aromatic heterocycles. The summed E-state index contributed by atoms with van der Waals surface area (Å²) < 4.78 is 0. The summed E-state index contributed by atoms with van der Waals surface area (Å²) in [6.45, 7) is 1.15. The zero-order chi connectivity index (χ0) is 8.84. The Morgan fingerprint density at radius 3 is 2.77 bits per heavy atom. The largest absolute Gasteiger partial charge is 0.314 e. The summed E-state index contributed by atoms with van der Waals surface area (Å²) in [5.41, 5.74) is 0. The van der Waals surface area contributed by atoms with E-state index in [0.717, 1.165) is 18.4 Å². The number of rotatable bonds is 0. The molecular formula is C11H16N2. The van der Waals surface area contributed by atoms with Crippen LogP contribution in [0.5, 0.6) is 0 Å². The van der Waals surface area contributed by atoms with E-state index in [9.17, 15) is 5.26 Å². The third-order valence-electron chi connectivity index (χ3n) is 4.51. The molecule has 1 aliphatic heterocycles. The lowest BCUT2D eigenvalue weighted by Crippen LogP contribution is -2.48. The first-order chi connectivity index (χ1) is 6.40. The SMILES string of the molecule is N#CC1C2CCC2CC2NCCC21. The Morgan fingerprint density at radius 2 is 2.08 bits per heavy atom. The number of hydrogen-bond donors (Lipinski definition) is 1. The van der Waals surface area contributed by atoms with E-state index in [1.54, 1.807) is 0 Å². The van der Waals surface area contributed by atoms with Crippen LogP contribution in [0, 0.1) is 35.0 Å².